The summed E-state index contributed by atoms with van der Waals surface area (Å²) >= 11 is 5.74. The lowest BCUT2D eigenvalue weighted by atomic mass is 9.93. The molecule has 1 N–H and O–H groups in total. The first-order chi connectivity index (χ1) is 10.4. The molecule has 1 aliphatic carbocycles. The first-order valence-electron chi connectivity index (χ1n) is 6.90. The van der Waals surface area contributed by atoms with Gasteiger partial charge in [-0.25, -0.2) is 9.18 Å². The van der Waals surface area contributed by atoms with Crippen molar-refractivity contribution < 1.29 is 19.1 Å². The highest BCUT2D eigenvalue weighted by molar-refractivity contribution is 6.33. The van der Waals surface area contributed by atoms with Crippen LogP contribution in [-0.4, -0.2) is 17.0 Å². The molecule has 6 heteroatoms. The second-order valence-electron chi connectivity index (χ2n) is 5.34. The van der Waals surface area contributed by atoms with E-state index >= 15 is 0 Å². The highest BCUT2D eigenvalue weighted by Gasteiger charge is 2.37. The number of rotatable bonds is 2. The quantitative estimate of drug-likeness (QED) is 0.898. The van der Waals surface area contributed by atoms with Crippen LogP contribution in [0.1, 0.15) is 36.0 Å². The molecule has 1 aromatic rings. The van der Waals surface area contributed by atoms with E-state index in [9.17, 15) is 14.0 Å². The molecule has 0 radical (unpaired) electrons. The number of amides is 1. The molecule has 2 aliphatic rings. The van der Waals surface area contributed by atoms with Crippen LogP contribution >= 0.6 is 11.6 Å². The lowest BCUT2D eigenvalue weighted by Gasteiger charge is -2.20. The van der Waals surface area contributed by atoms with E-state index in [4.69, 9.17) is 16.7 Å². The van der Waals surface area contributed by atoms with Crippen LogP contribution in [0.5, 0.6) is 0 Å². The summed E-state index contributed by atoms with van der Waals surface area (Å²) in [4.78, 5) is 24.9. The van der Waals surface area contributed by atoms with Crippen molar-refractivity contribution in [3.05, 3.63) is 52.0 Å². The summed E-state index contributed by atoms with van der Waals surface area (Å²) in [6.07, 6.45) is 3.25. The molecule has 3 rings (SSSR count). The number of allylic oxidation sites excluding steroid dienone is 1. The Kier molecular flexibility index (Phi) is 3.53. The molecule has 0 aromatic heterocycles. The van der Waals surface area contributed by atoms with Crippen LogP contribution < -0.4 is 4.90 Å². The molecule has 0 unspecified atom stereocenters. The highest BCUT2D eigenvalue weighted by atomic mass is 35.5. The van der Waals surface area contributed by atoms with Crippen LogP contribution in [0.4, 0.5) is 10.1 Å². The van der Waals surface area contributed by atoms with Crippen molar-refractivity contribution in [1.29, 1.82) is 0 Å². The summed E-state index contributed by atoms with van der Waals surface area (Å²) in [7, 11) is 0. The van der Waals surface area contributed by atoms with Crippen LogP contribution in [-0.2, 0) is 4.79 Å². The maximum absolute atomic E-state index is 14.2. The van der Waals surface area contributed by atoms with Crippen LogP contribution in [0, 0.1) is 5.82 Å². The lowest BCUT2D eigenvalue weighted by Crippen LogP contribution is -2.26. The minimum atomic E-state index is -1.28. The van der Waals surface area contributed by atoms with Gasteiger partial charge in [0.1, 0.15) is 5.82 Å². The summed E-state index contributed by atoms with van der Waals surface area (Å²) in [5, 5.41) is 8.91. The first-order valence-corrected chi connectivity index (χ1v) is 7.27. The fraction of sp³-hybridized carbons (Fsp3) is 0.250. The normalized spacial score (nSPS) is 18.0. The third-order valence-corrected chi connectivity index (χ3v) is 4.37. The Balaban J connectivity index is 2.09. The van der Waals surface area contributed by atoms with E-state index in [1.54, 1.807) is 0 Å². The maximum atomic E-state index is 14.2. The van der Waals surface area contributed by atoms with Gasteiger partial charge in [-0.1, -0.05) is 18.2 Å². The Morgan fingerprint density at radius 2 is 1.91 bits per heavy atom. The number of hydrogen-bond donors (Lipinski definition) is 1. The van der Waals surface area contributed by atoms with Crippen molar-refractivity contribution in [3.63, 3.8) is 0 Å². The van der Waals surface area contributed by atoms with Crippen molar-refractivity contribution in [2.75, 3.05) is 4.90 Å². The third-order valence-electron chi connectivity index (χ3n) is 4.06. The number of carboxylic acid groups (broad SMARTS) is 1. The van der Waals surface area contributed by atoms with E-state index in [1.807, 2.05) is 0 Å². The molecule has 0 atom stereocenters. The van der Waals surface area contributed by atoms with Gasteiger partial charge in [-0.2, -0.15) is 0 Å². The van der Waals surface area contributed by atoms with Crippen molar-refractivity contribution >= 4 is 29.2 Å². The van der Waals surface area contributed by atoms with Crippen LogP contribution in [0.2, 0.25) is 5.02 Å². The zero-order valence-electron chi connectivity index (χ0n) is 11.7. The fourth-order valence-corrected chi connectivity index (χ4v) is 3.21. The summed E-state index contributed by atoms with van der Waals surface area (Å²) in [5.41, 5.74) is 1.57. The smallest absolute Gasteiger partial charge is 0.337 e. The number of anilines is 1. The summed E-state index contributed by atoms with van der Waals surface area (Å²) in [6, 6.07) is 2.00. The van der Waals surface area contributed by atoms with Gasteiger partial charge in [0, 0.05) is 11.3 Å². The number of aromatic carboxylic acids is 1. The van der Waals surface area contributed by atoms with E-state index < -0.39 is 11.8 Å². The lowest BCUT2D eigenvalue weighted by molar-refractivity contribution is -0.114. The number of benzene rings is 1. The monoisotopic (exact) mass is 321 g/mol. The van der Waals surface area contributed by atoms with E-state index in [-0.39, 0.29) is 22.2 Å². The third kappa shape index (κ3) is 2.13. The zero-order chi connectivity index (χ0) is 16.0. The molecule has 1 amide bonds. The summed E-state index contributed by atoms with van der Waals surface area (Å²) in [6.45, 7) is 3.88. The SMILES string of the molecule is C=C1C2=C(CCCC2)C(=O)N1c1cc(C(=O)O)c(Cl)cc1F. The van der Waals surface area contributed by atoms with Crippen molar-refractivity contribution in [3.8, 4) is 0 Å². The molecule has 0 bridgehead atoms. The Bertz CT molecular complexity index is 726. The minimum Gasteiger partial charge on any atom is -0.478 e. The summed E-state index contributed by atoms with van der Waals surface area (Å²) < 4.78 is 14.2. The van der Waals surface area contributed by atoms with E-state index in [2.05, 4.69) is 6.58 Å². The van der Waals surface area contributed by atoms with Gasteiger partial charge in [0.05, 0.1) is 16.3 Å². The molecule has 0 saturated carbocycles. The average molecular weight is 322 g/mol. The molecule has 0 fully saturated rings. The summed E-state index contributed by atoms with van der Waals surface area (Å²) in [5.74, 6) is -2.34. The van der Waals surface area contributed by atoms with E-state index in [0.717, 1.165) is 41.9 Å². The molecular weight excluding hydrogens is 309 g/mol. The molecule has 114 valence electrons. The molecule has 0 spiro atoms. The zero-order valence-corrected chi connectivity index (χ0v) is 12.4. The van der Waals surface area contributed by atoms with Crippen molar-refractivity contribution in [2.24, 2.45) is 0 Å². The van der Waals surface area contributed by atoms with Crippen LogP contribution in [0.3, 0.4) is 0 Å². The molecule has 1 heterocycles. The van der Waals surface area contributed by atoms with Crippen LogP contribution in [0.25, 0.3) is 0 Å². The van der Waals surface area contributed by atoms with Crippen molar-refractivity contribution in [1.82, 2.24) is 0 Å². The minimum absolute atomic E-state index is 0.119. The van der Waals surface area contributed by atoms with E-state index in [0.29, 0.717) is 17.7 Å². The Hall–Kier alpha value is -2.14. The van der Waals surface area contributed by atoms with Gasteiger partial charge in [0.2, 0.25) is 0 Å². The molecule has 0 saturated heterocycles. The number of halogens is 2. The van der Waals surface area contributed by atoms with Gasteiger partial charge >= 0.3 is 5.97 Å². The number of hydrogen-bond acceptors (Lipinski definition) is 2. The Morgan fingerprint density at radius 1 is 1.27 bits per heavy atom. The van der Waals surface area contributed by atoms with E-state index in [1.165, 1.54) is 0 Å². The Morgan fingerprint density at radius 3 is 2.50 bits per heavy atom. The number of carbonyl (C=O) groups is 2. The largest absolute Gasteiger partial charge is 0.478 e. The van der Waals surface area contributed by atoms with Gasteiger partial charge in [-0.15, -0.1) is 0 Å². The predicted octanol–water partition coefficient (Wildman–Crippen LogP) is 3.91. The molecule has 1 aliphatic heterocycles. The maximum Gasteiger partial charge on any atom is 0.337 e. The first kappa shape index (κ1) is 14.8. The van der Waals surface area contributed by atoms with Gasteiger partial charge in [-0.05, 0) is 43.4 Å². The van der Waals surface area contributed by atoms with Gasteiger partial charge in [-0.3, -0.25) is 9.69 Å². The second-order valence-corrected chi connectivity index (χ2v) is 5.75. The molecule has 22 heavy (non-hydrogen) atoms. The topological polar surface area (TPSA) is 57.6 Å². The second kappa shape index (κ2) is 5.25. The van der Waals surface area contributed by atoms with Gasteiger partial charge in [0.25, 0.3) is 5.91 Å². The average Bonchev–Trinajstić information content (AvgIpc) is 2.72. The Labute approximate surface area is 131 Å². The standard InChI is InChI=1S/C16H13ClFNO3/c1-8-9-4-2-3-5-10(9)15(20)19(8)14-6-11(16(21)22)12(17)7-13(14)18/h6-7H,1-5H2,(H,21,22). The van der Waals surface area contributed by atoms with Crippen LogP contribution in [0.15, 0.2) is 35.6 Å². The fourth-order valence-electron chi connectivity index (χ4n) is 2.98. The molecular formula is C16H13ClFNO3. The molecule has 1 aromatic carbocycles. The molecule has 4 nitrogen and oxygen atoms in total. The number of nitrogens with zero attached hydrogens (tertiary/aromatic N) is 1. The predicted molar refractivity (Wildman–Crippen MR) is 80.5 cm³/mol. The van der Waals surface area contributed by atoms with Gasteiger partial charge < -0.3 is 5.11 Å². The van der Waals surface area contributed by atoms with Crippen molar-refractivity contribution in [2.45, 2.75) is 25.7 Å². The highest BCUT2D eigenvalue weighted by Crippen LogP contribution is 2.42. The van der Waals surface area contributed by atoms with Gasteiger partial charge in [0.15, 0.2) is 0 Å². The number of carbonyl (C=O) groups excluding carboxylic acids is 1. The number of carboxylic acids is 1.